The number of fused-ring (bicyclic) bond motifs is 1. The van der Waals surface area contributed by atoms with E-state index in [1.165, 1.54) is 5.56 Å². The van der Waals surface area contributed by atoms with Crippen LogP contribution in [0.1, 0.15) is 27.5 Å². The van der Waals surface area contributed by atoms with E-state index in [2.05, 4.69) is 10.3 Å². The van der Waals surface area contributed by atoms with Crippen LogP contribution in [-0.2, 0) is 6.42 Å². The number of ketones is 1. The second kappa shape index (κ2) is 9.16. The van der Waals surface area contributed by atoms with Crippen LogP contribution < -0.4 is 10.1 Å². The number of rotatable bonds is 8. The van der Waals surface area contributed by atoms with Gasteiger partial charge in [-0.15, -0.1) is 0 Å². The van der Waals surface area contributed by atoms with Gasteiger partial charge in [0.1, 0.15) is 5.75 Å². The molecule has 30 heavy (non-hydrogen) atoms. The molecule has 1 heterocycles. The number of carbonyl (C=O) groups is 1. The van der Waals surface area contributed by atoms with Crippen LogP contribution in [0.15, 0.2) is 79.0 Å². The molecular weight excluding hydrogens is 396 g/mol. The molecule has 0 saturated carbocycles. The summed E-state index contributed by atoms with van der Waals surface area (Å²) >= 11 is 6.28. The maximum Gasteiger partial charge on any atom is 0.186 e. The lowest BCUT2D eigenvalue weighted by molar-refractivity contribution is 0.0945. The summed E-state index contributed by atoms with van der Waals surface area (Å²) in [6.45, 7) is 0.667. The Hall–Kier alpha value is -3.08. The molecule has 4 rings (SSSR count). The fraction of sp³-hybridized carbons (Fsp3) is 0.160. The van der Waals surface area contributed by atoms with Gasteiger partial charge < -0.3 is 15.0 Å². The summed E-state index contributed by atoms with van der Waals surface area (Å²) in [4.78, 5) is 16.7. The molecular formula is C25H23ClN2O2. The number of carbonyl (C=O) groups excluding carboxylic acids is 1. The van der Waals surface area contributed by atoms with Gasteiger partial charge in [-0.05, 0) is 35.7 Å². The van der Waals surface area contributed by atoms with Gasteiger partial charge in [-0.2, -0.15) is 0 Å². The number of aromatic nitrogens is 1. The highest BCUT2D eigenvalue weighted by Gasteiger charge is 2.24. The molecule has 0 unspecified atom stereocenters. The third kappa shape index (κ3) is 4.25. The molecule has 0 amide bonds. The molecule has 0 spiro atoms. The molecule has 0 radical (unpaired) electrons. The van der Waals surface area contributed by atoms with E-state index in [1.54, 1.807) is 13.3 Å². The van der Waals surface area contributed by atoms with Crippen LogP contribution in [0.25, 0.3) is 10.9 Å². The van der Waals surface area contributed by atoms with Gasteiger partial charge in [0.25, 0.3) is 0 Å². The van der Waals surface area contributed by atoms with Gasteiger partial charge in [0.2, 0.25) is 0 Å². The Balaban J connectivity index is 1.56. The minimum Gasteiger partial charge on any atom is -0.497 e. The highest BCUT2D eigenvalue weighted by molar-refractivity contribution is 6.35. The summed E-state index contributed by atoms with van der Waals surface area (Å²) in [5, 5.41) is 4.90. The maximum atomic E-state index is 13.5. The fourth-order valence-electron chi connectivity index (χ4n) is 3.64. The third-order valence-corrected chi connectivity index (χ3v) is 5.56. The Bertz CT molecular complexity index is 1140. The molecule has 5 heteroatoms. The number of H-pyrrole nitrogens is 1. The Kier molecular flexibility index (Phi) is 6.17. The van der Waals surface area contributed by atoms with Crippen LogP contribution in [0, 0.1) is 0 Å². The van der Waals surface area contributed by atoms with Crippen molar-refractivity contribution in [2.75, 3.05) is 13.7 Å². The number of benzene rings is 3. The Morgan fingerprint density at radius 2 is 1.80 bits per heavy atom. The van der Waals surface area contributed by atoms with E-state index in [0.717, 1.165) is 28.6 Å². The quantitative estimate of drug-likeness (QED) is 0.367. The van der Waals surface area contributed by atoms with E-state index >= 15 is 0 Å². The predicted molar refractivity (Wildman–Crippen MR) is 122 cm³/mol. The monoisotopic (exact) mass is 418 g/mol. The second-order valence-corrected chi connectivity index (χ2v) is 7.53. The van der Waals surface area contributed by atoms with Gasteiger partial charge in [-0.3, -0.25) is 4.79 Å². The van der Waals surface area contributed by atoms with Gasteiger partial charge in [0, 0.05) is 23.7 Å². The summed E-state index contributed by atoms with van der Waals surface area (Å²) in [5.74, 6) is 0.853. The van der Waals surface area contributed by atoms with Crippen molar-refractivity contribution in [3.05, 3.63) is 101 Å². The van der Waals surface area contributed by atoms with Crippen molar-refractivity contribution in [3.8, 4) is 5.75 Å². The van der Waals surface area contributed by atoms with Crippen LogP contribution in [-0.4, -0.2) is 24.4 Å². The van der Waals surface area contributed by atoms with Crippen molar-refractivity contribution < 1.29 is 9.53 Å². The second-order valence-electron chi connectivity index (χ2n) is 7.12. The number of hydrogen-bond donors (Lipinski definition) is 2. The van der Waals surface area contributed by atoms with E-state index in [0.29, 0.717) is 17.1 Å². The molecule has 4 nitrogen and oxygen atoms in total. The van der Waals surface area contributed by atoms with Crippen molar-refractivity contribution in [2.45, 2.75) is 12.5 Å². The zero-order valence-electron chi connectivity index (χ0n) is 16.7. The molecule has 0 aliphatic rings. The van der Waals surface area contributed by atoms with Gasteiger partial charge in [-0.25, -0.2) is 0 Å². The van der Waals surface area contributed by atoms with Crippen LogP contribution in [0.2, 0.25) is 5.02 Å². The summed E-state index contributed by atoms with van der Waals surface area (Å²) in [6.07, 6.45) is 2.56. The lowest BCUT2D eigenvalue weighted by Gasteiger charge is -2.18. The number of ether oxygens (including phenoxy) is 1. The highest BCUT2D eigenvalue weighted by atomic mass is 35.5. The van der Waals surface area contributed by atoms with Crippen LogP contribution in [0.3, 0.4) is 0 Å². The Labute approximate surface area is 180 Å². The summed E-state index contributed by atoms with van der Waals surface area (Å²) < 4.78 is 5.21. The molecule has 4 aromatic rings. The first-order chi connectivity index (χ1) is 14.7. The van der Waals surface area contributed by atoms with Gasteiger partial charge in [-0.1, -0.05) is 66.2 Å². The van der Waals surface area contributed by atoms with Crippen LogP contribution >= 0.6 is 11.6 Å². The molecule has 1 atom stereocenters. The van der Waals surface area contributed by atoms with Crippen molar-refractivity contribution in [3.63, 3.8) is 0 Å². The minimum absolute atomic E-state index is 0.0180. The molecule has 0 saturated heterocycles. The van der Waals surface area contributed by atoms with E-state index in [-0.39, 0.29) is 5.78 Å². The molecule has 0 aliphatic heterocycles. The topological polar surface area (TPSA) is 54.1 Å². The summed E-state index contributed by atoms with van der Waals surface area (Å²) in [7, 11) is 1.66. The SMILES string of the molecule is COc1ccc(CCN[C@H](C(=O)c2c[nH]c3c(Cl)cccc23)c2ccccc2)cc1. The predicted octanol–water partition coefficient (Wildman–Crippen LogP) is 5.59. The van der Waals surface area contributed by atoms with Crippen molar-refractivity contribution in [1.82, 2.24) is 10.3 Å². The van der Waals surface area contributed by atoms with Gasteiger partial charge >= 0.3 is 0 Å². The minimum atomic E-state index is -0.442. The maximum absolute atomic E-state index is 13.5. The number of aromatic amines is 1. The zero-order chi connectivity index (χ0) is 20.9. The molecule has 0 bridgehead atoms. The average Bonchev–Trinajstić information content (AvgIpc) is 3.23. The number of halogens is 1. The zero-order valence-corrected chi connectivity index (χ0v) is 17.4. The normalized spacial score (nSPS) is 12.1. The molecule has 152 valence electrons. The van der Waals surface area contributed by atoms with Crippen LogP contribution in [0.5, 0.6) is 5.75 Å². The fourth-order valence-corrected chi connectivity index (χ4v) is 3.87. The number of methoxy groups -OCH3 is 1. The van der Waals surface area contributed by atoms with Gasteiger partial charge in [0.15, 0.2) is 5.78 Å². The average molecular weight is 419 g/mol. The van der Waals surface area contributed by atoms with Crippen molar-refractivity contribution >= 4 is 28.3 Å². The molecule has 0 fully saturated rings. The first kappa shape index (κ1) is 20.2. The molecule has 2 N–H and O–H groups in total. The van der Waals surface area contributed by atoms with E-state index < -0.39 is 6.04 Å². The Morgan fingerprint density at radius 1 is 1.03 bits per heavy atom. The molecule has 1 aromatic heterocycles. The lowest BCUT2D eigenvalue weighted by Crippen LogP contribution is -2.30. The number of nitrogens with one attached hydrogen (secondary N) is 2. The van der Waals surface area contributed by atoms with E-state index in [4.69, 9.17) is 16.3 Å². The Morgan fingerprint density at radius 3 is 2.53 bits per heavy atom. The first-order valence-electron chi connectivity index (χ1n) is 9.88. The largest absolute Gasteiger partial charge is 0.497 e. The summed E-state index contributed by atoms with van der Waals surface area (Å²) in [6, 6.07) is 23.0. The van der Waals surface area contributed by atoms with Crippen molar-refractivity contribution in [2.24, 2.45) is 0 Å². The smallest absolute Gasteiger partial charge is 0.186 e. The van der Waals surface area contributed by atoms with Crippen LogP contribution in [0.4, 0.5) is 0 Å². The number of hydrogen-bond acceptors (Lipinski definition) is 3. The molecule has 3 aromatic carbocycles. The van der Waals surface area contributed by atoms with E-state index in [1.807, 2.05) is 72.8 Å². The summed E-state index contributed by atoms with van der Waals surface area (Å²) in [5.41, 5.74) is 3.54. The van der Waals surface area contributed by atoms with Crippen molar-refractivity contribution in [1.29, 1.82) is 0 Å². The molecule has 0 aliphatic carbocycles. The van der Waals surface area contributed by atoms with Gasteiger partial charge in [0.05, 0.1) is 23.7 Å². The number of para-hydroxylation sites is 1. The number of Topliss-reactive ketones (excluding diaryl/α,β-unsaturated/α-hetero) is 1. The first-order valence-corrected chi connectivity index (χ1v) is 10.3. The third-order valence-electron chi connectivity index (χ3n) is 5.25. The highest BCUT2D eigenvalue weighted by Crippen LogP contribution is 2.28. The van der Waals surface area contributed by atoms with E-state index in [9.17, 15) is 4.79 Å². The standard InChI is InChI=1S/C25H23ClN2O2/c1-30-19-12-10-17(11-13-19)14-15-27-23(18-6-3-2-4-7-18)25(29)21-16-28-24-20(21)8-5-9-22(24)26/h2-13,16,23,27-28H,14-15H2,1H3/t23-/m0/s1. The lowest BCUT2D eigenvalue weighted by atomic mass is 9.96.